The normalized spacial score (nSPS) is 13.7. The number of carbonyl (C=O) groups is 2. The van der Waals surface area contributed by atoms with Crippen molar-refractivity contribution in [2.45, 2.75) is 45.8 Å². The number of benzene rings is 1. The van der Waals surface area contributed by atoms with Gasteiger partial charge in [-0.25, -0.2) is 9.78 Å². The number of amides is 1. The smallest absolute Gasteiger partial charge is 0.328 e. The molecule has 2 aromatic rings. The molecule has 0 fully saturated rings. The number of nitrogens with zero attached hydrogens (tertiary/aromatic N) is 1. The molecule has 0 unspecified atom stereocenters. The van der Waals surface area contributed by atoms with Gasteiger partial charge in [-0.05, 0) is 44.0 Å². The summed E-state index contributed by atoms with van der Waals surface area (Å²) < 4.78 is 15.7. The summed E-state index contributed by atoms with van der Waals surface area (Å²) in [4.78, 5) is 28.7. The van der Waals surface area contributed by atoms with Gasteiger partial charge in [0.1, 0.15) is 17.9 Å². The molecule has 0 aliphatic carbocycles. The van der Waals surface area contributed by atoms with Gasteiger partial charge in [-0.1, -0.05) is 13.0 Å². The molecule has 1 heterocycles. The zero-order chi connectivity index (χ0) is 22.4. The Labute approximate surface area is 176 Å². The minimum Gasteiger partial charge on any atom is -0.503 e. The predicted octanol–water partition coefficient (Wildman–Crippen LogP) is 2.97. The second-order valence-corrected chi connectivity index (χ2v) is 7.06. The van der Waals surface area contributed by atoms with E-state index < -0.39 is 29.8 Å². The van der Waals surface area contributed by atoms with Crippen molar-refractivity contribution in [3.05, 3.63) is 47.3 Å². The van der Waals surface area contributed by atoms with Crippen LogP contribution in [-0.4, -0.2) is 48.3 Å². The van der Waals surface area contributed by atoms with Crippen LogP contribution in [0, 0.1) is 6.92 Å². The molecule has 0 aliphatic rings. The van der Waals surface area contributed by atoms with Crippen LogP contribution in [0.5, 0.6) is 17.2 Å². The predicted molar refractivity (Wildman–Crippen MR) is 111 cm³/mol. The molecule has 1 aromatic heterocycles. The Morgan fingerprint density at radius 3 is 2.40 bits per heavy atom. The van der Waals surface area contributed by atoms with Crippen LogP contribution in [0.1, 0.15) is 48.3 Å². The van der Waals surface area contributed by atoms with Crippen LogP contribution in [0.15, 0.2) is 30.5 Å². The van der Waals surface area contributed by atoms with Crippen molar-refractivity contribution in [1.82, 2.24) is 10.3 Å². The summed E-state index contributed by atoms with van der Waals surface area (Å²) in [6, 6.07) is 6.23. The molecular formula is C22H28N2O6. The standard InChI is InChI=1S/C22H28N2O6/c1-12-11-16(28-5)7-8-17(12)13(2)15(4)30-22(27)14(3)24-21(26)19-20(25)18(29-6)9-10-23-19/h7-11,13-15,25H,1-6H3,(H,24,26)/t13-,14-,15+/m0/s1. The first-order chi connectivity index (χ1) is 14.2. The van der Waals surface area contributed by atoms with E-state index in [1.54, 1.807) is 14.0 Å². The lowest BCUT2D eigenvalue weighted by Crippen LogP contribution is -2.41. The van der Waals surface area contributed by atoms with E-state index in [0.29, 0.717) is 0 Å². The minimum absolute atomic E-state index is 0.0631. The number of ether oxygens (including phenoxy) is 3. The summed E-state index contributed by atoms with van der Waals surface area (Å²) in [6.45, 7) is 7.25. The van der Waals surface area contributed by atoms with Gasteiger partial charge < -0.3 is 24.6 Å². The number of carbonyl (C=O) groups excluding carboxylic acids is 2. The number of aromatic nitrogens is 1. The first-order valence-corrected chi connectivity index (χ1v) is 9.57. The van der Waals surface area contributed by atoms with E-state index in [9.17, 15) is 14.7 Å². The number of rotatable bonds is 8. The highest BCUT2D eigenvalue weighted by Crippen LogP contribution is 2.28. The SMILES string of the molecule is COc1ccc([C@@H](C)[C@@H](C)OC(=O)[C@H](C)NC(=O)c2nccc(OC)c2O)c(C)c1. The highest BCUT2D eigenvalue weighted by Gasteiger charge is 2.26. The third kappa shape index (κ3) is 5.20. The molecule has 30 heavy (non-hydrogen) atoms. The number of hydrogen-bond donors (Lipinski definition) is 2. The molecule has 0 aliphatic heterocycles. The van der Waals surface area contributed by atoms with Crippen molar-refractivity contribution in [2.24, 2.45) is 0 Å². The number of pyridine rings is 1. The van der Waals surface area contributed by atoms with Crippen LogP contribution in [0.3, 0.4) is 0 Å². The molecule has 0 saturated heterocycles. The molecular weight excluding hydrogens is 388 g/mol. The molecule has 0 radical (unpaired) electrons. The molecule has 162 valence electrons. The van der Waals surface area contributed by atoms with Crippen molar-refractivity contribution in [3.8, 4) is 17.2 Å². The third-order valence-electron chi connectivity index (χ3n) is 5.00. The lowest BCUT2D eigenvalue weighted by molar-refractivity contribution is -0.151. The maximum absolute atomic E-state index is 12.5. The van der Waals surface area contributed by atoms with E-state index in [1.807, 2.05) is 32.0 Å². The second-order valence-electron chi connectivity index (χ2n) is 7.06. The summed E-state index contributed by atoms with van der Waals surface area (Å²) in [7, 11) is 2.97. The summed E-state index contributed by atoms with van der Waals surface area (Å²) in [5.74, 6) is -0.873. The molecule has 3 atom stereocenters. The molecule has 0 bridgehead atoms. The molecule has 8 nitrogen and oxygen atoms in total. The number of hydrogen-bond acceptors (Lipinski definition) is 7. The van der Waals surface area contributed by atoms with Crippen molar-refractivity contribution in [2.75, 3.05) is 14.2 Å². The molecule has 1 aromatic carbocycles. The first kappa shape index (κ1) is 23.0. The lowest BCUT2D eigenvalue weighted by Gasteiger charge is -2.24. The number of nitrogens with one attached hydrogen (secondary N) is 1. The van der Waals surface area contributed by atoms with Crippen LogP contribution in [-0.2, 0) is 9.53 Å². The Hall–Kier alpha value is -3.29. The summed E-state index contributed by atoms with van der Waals surface area (Å²) in [6.07, 6.45) is 0.907. The van der Waals surface area contributed by atoms with Gasteiger partial charge in [0.15, 0.2) is 17.2 Å². The maximum Gasteiger partial charge on any atom is 0.328 e. The van der Waals surface area contributed by atoms with E-state index in [0.717, 1.165) is 16.9 Å². The Balaban J connectivity index is 2.02. The van der Waals surface area contributed by atoms with Crippen LogP contribution in [0.25, 0.3) is 0 Å². The van der Waals surface area contributed by atoms with Gasteiger partial charge in [0, 0.05) is 18.2 Å². The molecule has 0 saturated carbocycles. The monoisotopic (exact) mass is 416 g/mol. The van der Waals surface area contributed by atoms with Crippen molar-refractivity contribution < 1.29 is 28.9 Å². The number of methoxy groups -OCH3 is 2. The highest BCUT2D eigenvalue weighted by molar-refractivity contribution is 5.97. The second kappa shape index (κ2) is 9.96. The van der Waals surface area contributed by atoms with Crippen LogP contribution >= 0.6 is 0 Å². The van der Waals surface area contributed by atoms with Crippen molar-refractivity contribution in [3.63, 3.8) is 0 Å². The van der Waals surface area contributed by atoms with E-state index in [-0.39, 0.29) is 17.4 Å². The third-order valence-corrected chi connectivity index (χ3v) is 5.00. The summed E-state index contributed by atoms with van der Waals surface area (Å²) >= 11 is 0. The topological polar surface area (TPSA) is 107 Å². The quantitative estimate of drug-likeness (QED) is 0.637. The van der Waals surface area contributed by atoms with E-state index >= 15 is 0 Å². The van der Waals surface area contributed by atoms with Crippen LogP contribution < -0.4 is 14.8 Å². The fourth-order valence-corrected chi connectivity index (χ4v) is 3.02. The molecule has 1 amide bonds. The van der Waals surface area contributed by atoms with Gasteiger partial charge >= 0.3 is 5.97 Å². The van der Waals surface area contributed by atoms with E-state index in [1.165, 1.54) is 26.3 Å². The van der Waals surface area contributed by atoms with Gasteiger partial charge in [-0.15, -0.1) is 0 Å². The number of aromatic hydroxyl groups is 1. The van der Waals surface area contributed by atoms with Gasteiger partial charge in [-0.3, -0.25) is 4.79 Å². The first-order valence-electron chi connectivity index (χ1n) is 9.57. The average Bonchev–Trinajstić information content (AvgIpc) is 2.72. The maximum atomic E-state index is 12.5. The fraction of sp³-hybridized carbons (Fsp3) is 0.409. The zero-order valence-electron chi connectivity index (χ0n) is 18.1. The Bertz CT molecular complexity index is 914. The van der Waals surface area contributed by atoms with Crippen molar-refractivity contribution >= 4 is 11.9 Å². The van der Waals surface area contributed by atoms with Gasteiger partial charge in [-0.2, -0.15) is 0 Å². The van der Waals surface area contributed by atoms with Gasteiger partial charge in [0.05, 0.1) is 14.2 Å². The molecule has 2 N–H and O–H groups in total. The van der Waals surface area contributed by atoms with Crippen LogP contribution in [0.2, 0.25) is 0 Å². The highest BCUT2D eigenvalue weighted by atomic mass is 16.5. The Morgan fingerprint density at radius 1 is 1.10 bits per heavy atom. The largest absolute Gasteiger partial charge is 0.503 e. The molecule has 8 heteroatoms. The van der Waals surface area contributed by atoms with Crippen LogP contribution in [0.4, 0.5) is 0 Å². The van der Waals surface area contributed by atoms with Crippen molar-refractivity contribution in [1.29, 1.82) is 0 Å². The molecule has 2 rings (SSSR count). The fourth-order valence-electron chi connectivity index (χ4n) is 3.02. The number of esters is 1. The zero-order valence-corrected chi connectivity index (χ0v) is 18.1. The van der Waals surface area contributed by atoms with E-state index in [4.69, 9.17) is 14.2 Å². The summed E-state index contributed by atoms with van der Waals surface area (Å²) in [5.41, 5.74) is 1.84. The van der Waals surface area contributed by atoms with Gasteiger partial charge in [0.25, 0.3) is 5.91 Å². The summed E-state index contributed by atoms with van der Waals surface area (Å²) in [5, 5.41) is 12.5. The lowest BCUT2D eigenvalue weighted by atomic mass is 9.92. The Morgan fingerprint density at radius 2 is 1.80 bits per heavy atom. The van der Waals surface area contributed by atoms with E-state index in [2.05, 4.69) is 10.3 Å². The molecule has 0 spiro atoms. The Kier molecular flexibility index (Phi) is 7.63. The average molecular weight is 416 g/mol. The number of aryl methyl sites for hydroxylation is 1. The minimum atomic E-state index is -0.934. The van der Waals surface area contributed by atoms with Gasteiger partial charge in [0.2, 0.25) is 0 Å².